The second-order valence-electron chi connectivity index (χ2n) is 4.92. The fourth-order valence-electron chi connectivity index (χ4n) is 2.19. The summed E-state index contributed by atoms with van der Waals surface area (Å²) in [6, 6.07) is 0. The number of piperidine rings is 1. The van der Waals surface area contributed by atoms with Gasteiger partial charge in [0.25, 0.3) is 0 Å². The Morgan fingerprint density at radius 3 is 2.94 bits per heavy atom. The minimum atomic E-state index is -0.0509. The van der Waals surface area contributed by atoms with Gasteiger partial charge in [0.15, 0.2) is 5.13 Å². The zero-order valence-electron chi connectivity index (χ0n) is 10.5. The summed E-state index contributed by atoms with van der Waals surface area (Å²) >= 11 is 1.59. The molecule has 1 aliphatic rings. The van der Waals surface area contributed by atoms with Gasteiger partial charge in [0.1, 0.15) is 6.54 Å². The standard InChI is InChI=1S/C12H19N3OS/c1-9-3-5-15(6-4-9)8-11-7-13-12(17-11)14-10(2)16/h7,9H,3-6,8H2,1-2H3,(H,13,14,16)/p+1. The van der Waals surface area contributed by atoms with Crippen molar-refractivity contribution in [2.24, 2.45) is 5.92 Å². The quantitative estimate of drug-likeness (QED) is 0.842. The van der Waals surface area contributed by atoms with Crippen molar-refractivity contribution in [3.8, 4) is 0 Å². The van der Waals surface area contributed by atoms with Crippen LogP contribution in [-0.4, -0.2) is 24.0 Å². The van der Waals surface area contributed by atoms with Crippen LogP contribution in [0.4, 0.5) is 5.13 Å². The molecule has 0 aliphatic carbocycles. The number of nitrogens with zero attached hydrogens (tertiary/aromatic N) is 1. The summed E-state index contributed by atoms with van der Waals surface area (Å²) in [5, 5.41) is 3.45. The van der Waals surface area contributed by atoms with Crippen LogP contribution in [0.2, 0.25) is 0 Å². The molecule has 1 amide bonds. The molecule has 0 aromatic carbocycles. The Kier molecular flexibility index (Phi) is 4.12. The molecule has 1 aromatic heterocycles. The Morgan fingerprint density at radius 1 is 1.59 bits per heavy atom. The summed E-state index contributed by atoms with van der Waals surface area (Å²) in [4.78, 5) is 18.0. The van der Waals surface area contributed by atoms with E-state index in [2.05, 4.69) is 17.2 Å². The number of thiazole rings is 1. The highest BCUT2D eigenvalue weighted by Gasteiger charge is 2.19. The first-order valence-corrected chi connectivity index (χ1v) is 7.01. The average Bonchev–Trinajstić information content (AvgIpc) is 2.68. The van der Waals surface area contributed by atoms with Crippen molar-refractivity contribution >= 4 is 22.4 Å². The molecule has 1 aliphatic heterocycles. The van der Waals surface area contributed by atoms with Crippen molar-refractivity contribution in [2.75, 3.05) is 18.4 Å². The van der Waals surface area contributed by atoms with Crippen LogP contribution >= 0.6 is 11.3 Å². The van der Waals surface area contributed by atoms with E-state index in [1.54, 1.807) is 16.2 Å². The van der Waals surface area contributed by atoms with Gasteiger partial charge in [-0.1, -0.05) is 18.3 Å². The topological polar surface area (TPSA) is 46.4 Å². The smallest absolute Gasteiger partial charge is 0.223 e. The van der Waals surface area contributed by atoms with E-state index in [9.17, 15) is 4.79 Å². The highest BCUT2D eigenvalue weighted by Crippen LogP contribution is 2.17. The largest absolute Gasteiger partial charge is 0.330 e. The molecule has 0 saturated carbocycles. The molecule has 0 radical (unpaired) electrons. The molecule has 17 heavy (non-hydrogen) atoms. The predicted octanol–water partition coefficient (Wildman–Crippen LogP) is 0.916. The van der Waals surface area contributed by atoms with Gasteiger partial charge in [-0.25, -0.2) is 4.98 Å². The van der Waals surface area contributed by atoms with E-state index in [0.29, 0.717) is 0 Å². The average molecular weight is 254 g/mol. The minimum Gasteiger partial charge on any atom is -0.330 e. The SMILES string of the molecule is CC(=O)Nc1ncc(C[NH+]2CCC(C)CC2)s1. The molecular weight excluding hydrogens is 234 g/mol. The molecule has 2 rings (SSSR count). The van der Waals surface area contributed by atoms with Crippen molar-refractivity contribution in [1.29, 1.82) is 0 Å². The number of carbonyl (C=O) groups excluding carboxylic acids is 1. The number of hydrogen-bond acceptors (Lipinski definition) is 3. The van der Waals surface area contributed by atoms with E-state index >= 15 is 0 Å². The van der Waals surface area contributed by atoms with Crippen molar-refractivity contribution in [2.45, 2.75) is 33.2 Å². The van der Waals surface area contributed by atoms with Gasteiger partial charge in [-0.2, -0.15) is 0 Å². The highest BCUT2D eigenvalue weighted by atomic mass is 32.1. The Hall–Kier alpha value is -0.940. The summed E-state index contributed by atoms with van der Waals surface area (Å²) in [6.45, 7) is 7.41. The molecule has 0 unspecified atom stereocenters. The zero-order chi connectivity index (χ0) is 12.3. The maximum atomic E-state index is 10.9. The Balaban J connectivity index is 1.86. The van der Waals surface area contributed by atoms with Gasteiger partial charge in [0, 0.05) is 13.1 Å². The first kappa shape index (κ1) is 12.5. The Morgan fingerprint density at radius 2 is 2.29 bits per heavy atom. The molecule has 1 saturated heterocycles. The first-order valence-electron chi connectivity index (χ1n) is 6.19. The molecular formula is C12H20N3OS+. The molecule has 0 spiro atoms. The molecule has 0 atom stereocenters. The molecule has 0 bridgehead atoms. The predicted molar refractivity (Wildman–Crippen MR) is 69.2 cm³/mol. The van der Waals surface area contributed by atoms with E-state index in [0.717, 1.165) is 17.6 Å². The molecule has 1 aromatic rings. The number of amides is 1. The van der Waals surface area contributed by atoms with Gasteiger partial charge in [-0.05, 0) is 18.8 Å². The number of rotatable bonds is 3. The number of likely N-dealkylation sites (tertiary alicyclic amines) is 1. The van der Waals surface area contributed by atoms with Crippen molar-refractivity contribution in [3.63, 3.8) is 0 Å². The van der Waals surface area contributed by atoms with Crippen LogP contribution in [0.25, 0.3) is 0 Å². The highest BCUT2D eigenvalue weighted by molar-refractivity contribution is 7.15. The van der Waals surface area contributed by atoms with Crippen LogP contribution in [-0.2, 0) is 11.3 Å². The Bertz CT molecular complexity index is 383. The third kappa shape index (κ3) is 3.78. The summed E-state index contributed by atoms with van der Waals surface area (Å²) < 4.78 is 0. The van der Waals surface area contributed by atoms with Crippen molar-refractivity contribution in [3.05, 3.63) is 11.1 Å². The number of anilines is 1. The lowest BCUT2D eigenvalue weighted by Crippen LogP contribution is -3.11. The van der Waals surface area contributed by atoms with Crippen molar-refractivity contribution in [1.82, 2.24) is 4.98 Å². The maximum absolute atomic E-state index is 10.9. The Labute approximate surface area is 106 Å². The zero-order valence-corrected chi connectivity index (χ0v) is 11.3. The molecule has 94 valence electrons. The maximum Gasteiger partial charge on any atom is 0.223 e. The summed E-state index contributed by atoms with van der Waals surface area (Å²) in [7, 11) is 0. The molecule has 4 nitrogen and oxygen atoms in total. The van der Waals surface area contributed by atoms with Gasteiger partial charge in [0.2, 0.25) is 5.91 Å². The fourth-order valence-corrected chi connectivity index (χ4v) is 3.12. The van der Waals surface area contributed by atoms with E-state index < -0.39 is 0 Å². The lowest BCUT2D eigenvalue weighted by molar-refractivity contribution is -0.919. The van der Waals surface area contributed by atoms with Crippen molar-refractivity contribution < 1.29 is 9.69 Å². The first-order chi connectivity index (χ1) is 8.13. The van der Waals surface area contributed by atoms with Crippen LogP contribution in [0.3, 0.4) is 0 Å². The molecule has 2 N–H and O–H groups in total. The number of nitrogens with one attached hydrogen (secondary N) is 2. The van der Waals surface area contributed by atoms with E-state index in [1.807, 2.05) is 6.20 Å². The van der Waals surface area contributed by atoms with E-state index in [4.69, 9.17) is 0 Å². The lowest BCUT2D eigenvalue weighted by Gasteiger charge is -2.26. The molecule has 1 fully saturated rings. The molecule has 5 heteroatoms. The second-order valence-corrected chi connectivity index (χ2v) is 6.04. The minimum absolute atomic E-state index is 0.0509. The van der Waals surface area contributed by atoms with Gasteiger partial charge < -0.3 is 10.2 Å². The third-order valence-corrected chi connectivity index (χ3v) is 4.15. The number of quaternary nitrogens is 1. The van der Waals surface area contributed by atoms with E-state index in [-0.39, 0.29) is 5.91 Å². The molecule has 2 heterocycles. The normalized spacial score (nSPS) is 24.6. The fraction of sp³-hybridized carbons (Fsp3) is 0.667. The van der Waals surface area contributed by atoms with E-state index in [1.165, 1.54) is 37.7 Å². The van der Waals surface area contributed by atoms with Crippen LogP contribution in [0.1, 0.15) is 31.6 Å². The van der Waals surface area contributed by atoms with Crippen LogP contribution in [0.5, 0.6) is 0 Å². The van der Waals surface area contributed by atoms with Gasteiger partial charge in [-0.3, -0.25) is 4.79 Å². The second kappa shape index (κ2) is 5.60. The monoisotopic (exact) mass is 254 g/mol. The van der Waals surface area contributed by atoms with Gasteiger partial charge >= 0.3 is 0 Å². The summed E-state index contributed by atoms with van der Waals surface area (Å²) in [6.07, 6.45) is 4.54. The van der Waals surface area contributed by atoms with Gasteiger partial charge in [-0.15, -0.1) is 0 Å². The van der Waals surface area contributed by atoms with Gasteiger partial charge in [0.05, 0.1) is 18.0 Å². The number of hydrogen-bond donors (Lipinski definition) is 2. The lowest BCUT2D eigenvalue weighted by atomic mass is 9.99. The van der Waals surface area contributed by atoms with Crippen LogP contribution in [0.15, 0.2) is 6.20 Å². The number of carbonyl (C=O) groups is 1. The summed E-state index contributed by atoms with van der Waals surface area (Å²) in [5.41, 5.74) is 0. The van der Waals surface area contributed by atoms with Crippen LogP contribution in [0, 0.1) is 5.92 Å². The summed E-state index contributed by atoms with van der Waals surface area (Å²) in [5.74, 6) is 0.834. The number of aromatic nitrogens is 1. The third-order valence-electron chi connectivity index (χ3n) is 3.24. The van der Waals surface area contributed by atoms with Crippen LogP contribution < -0.4 is 10.2 Å².